The summed E-state index contributed by atoms with van der Waals surface area (Å²) in [7, 11) is 2.13. The summed E-state index contributed by atoms with van der Waals surface area (Å²) in [5.74, 6) is 0.122. The first-order valence-corrected chi connectivity index (χ1v) is 5.84. The molecule has 0 spiro atoms. The van der Waals surface area contributed by atoms with Gasteiger partial charge in [0.2, 0.25) is 5.91 Å². The van der Waals surface area contributed by atoms with Gasteiger partial charge in [0.15, 0.2) is 0 Å². The first-order chi connectivity index (χ1) is 7.15. The summed E-state index contributed by atoms with van der Waals surface area (Å²) in [6.45, 7) is 3.49. The van der Waals surface area contributed by atoms with Crippen molar-refractivity contribution in [2.45, 2.75) is 44.7 Å². The summed E-state index contributed by atoms with van der Waals surface area (Å²) in [5, 5.41) is 2.94. The zero-order valence-electron chi connectivity index (χ0n) is 9.83. The minimum Gasteiger partial charge on any atom is -0.355 e. The number of carbonyl (C=O) groups is 1. The maximum atomic E-state index is 11.3. The Labute approximate surface area is 92.2 Å². The molecule has 0 aromatic heterocycles. The van der Waals surface area contributed by atoms with E-state index in [2.05, 4.69) is 24.2 Å². The van der Waals surface area contributed by atoms with Crippen LogP contribution in [-0.4, -0.2) is 43.0 Å². The van der Waals surface area contributed by atoms with Crippen molar-refractivity contribution in [2.75, 3.05) is 20.1 Å². The van der Waals surface area contributed by atoms with E-state index in [1.54, 1.807) is 0 Å². The third-order valence-electron chi connectivity index (χ3n) is 3.02. The molecule has 1 aliphatic rings. The Morgan fingerprint density at radius 1 is 1.60 bits per heavy atom. The van der Waals surface area contributed by atoms with Crippen molar-refractivity contribution in [3.8, 4) is 0 Å². The van der Waals surface area contributed by atoms with E-state index in [1.807, 2.05) is 0 Å². The van der Waals surface area contributed by atoms with Crippen molar-refractivity contribution in [3.63, 3.8) is 0 Å². The molecule has 0 bridgehead atoms. The van der Waals surface area contributed by atoms with Gasteiger partial charge >= 0.3 is 0 Å². The van der Waals surface area contributed by atoms with Gasteiger partial charge in [0.05, 0.1) is 0 Å². The first-order valence-electron chi connectivity index (χ1n) is 5.84. The number of amides is 1. The van der Waals surface area contributed by atoms with Crippen molar-refractivity contribution in [1.82, 2.24) is 10.2 Å². The Morgan fingerprint density at radius 3 is 2.80 bits per heavy atom. The Morgan fingerprint density at radius 2 is 2.27 bits per heavy atom. The van der Waals surface area contributed by atoms with Gasteiger partial charge in [-0.2, -0.15) is 0 Å². The molecule has 1 unspecified atom stereocenters. The molecule has 1 saturated carbocycles. The topological polar surface area (TPSA) is 58.4 Å². The molecule has 1 fully saturated rings. The number of carbonyl (C=O) groups excluding carboxylic acids is 1. The summed E-state index contributed by atoms with van der Waals surface area (Å²) < 4.78 is 0. The van der Waals surface area contributed by atoms with E-state index in [1.165, 1.54) is 12.8 Å². The second kappa shape index (κ2) is 6.08. The fraction of sp³-hybridized carbons (Fsp3) is 0.909. The number of hydrogen-bond donors (Lipinski definition) is 2. The SMILES string of the molecule is CC(CNC(=O)CCCN)N(C)C1CC1. The molecule has 4 heteroatoms. The van der Waals surface area contributed by atoms with Crippen molar-refractivity contribution < 1.29 is 4.79 Å². The second-order valence-electron chi connectivity index (χ2n) is 4.44. The van der Waals surface area contributed by atoms with Crippen LogP contribution in [0.15, 0.2) is 0 Å². The minimum atomic E-state index is 0.122. The molecule has 1 amide bonds. The third-order valence-corrected chi connectivity index (χ3v) is 3.02. The molecule has 0 aromatic carbocycles. The summed E-state index contributed by atoms with van der Waals surface area (Å²) >= 11 is 0. The third kappa shape index (κ3) is 4.62. The van der Waals surface area contributed by atoms with Crippen LogP contribution >= 0.6 is 0 Å². The second-order valence-corrected chi connectivity index (χ2v) is 4.44. The standard InChI is InChI=1S/C11H23N3O/c1-9(14(2)10-5-6-10)8-13-11(15)4-3-7-12/h9-10H,3-8,12H2,1-2H3,(H,13,15). The highest BCUT2D eigenvalue weighted by atomic mass is 16.1. The summed E-state index contributed by atoms with van der Waals surface area (Å²) in [6.07, 6.45) is 3.94. The van der Waals surface area contributed by atoms with Crippen molar-refractivity contribution in [3.05, 3.63) is 0 Å². The Kier molecular flexibility index (Phi) is 5.05. The van der Waals surface area contributed by atoms with Gasteiger partial charge in [-0.1, -0.05) is 0 Å². The van der Waals surface area contributed by atoms with Gasteiger partial charge < -0.3 is 11.1 Å². The lowest BCUT2D eigenvalue weighted by Crippen LogP contribution is -2.41. The maximum absolute atomic E-state index is 11.3. The molecule has 0 heterocycles. The monoisotopic (exact) mass is 213 g/mol. The Balaban J connectivity index is 2.09. The molecule has 4 nitrogen and oxygen atoms in total. The molecule has 0 saturated heterocycles. The van der Waals surface area contributed by atoms with Crippen LogP contribution < -0.4 is 11.1 Å². The molecule has 1 rings (SSSR count). The predicted molar refractivity (Wildman–Crippen MR) is 61.5 cm³/mol. The Hall–Kier alpha value is -0.610. The summed E-state index contributed by atoms with van der Waals surface area (Å²) in [4.78, 5) is 13.7. The molecule has 0 aliphatic heterocycles. The Bertz CT molecular complexity index is 204. The van der Waals surface area contributed by atoms with Gasteiger partial charge in [-0.3, -0.25) is 9.69 Å². The van der Waals surface area contributed by atoms with Crippen LogP contribution in [0.5, 0.6) is 0 Å². The molecule has 3 N–H and O–H groups in total. The zero-order valence-corrected chi connectivity index (χ0v) is 9.83. The van der Waals surface area contributed by atoms with E-state index in [4.69, 9.17) is 5.73 Å². The van der Waals surface area contributed by atoms with E-state index in [9.17, 15) is 4.79 Å². The van der Waals surface area contributed by atoms with Crippen molar-refractivity contribution in [2.24, 2.45) is 5.73 Å². The van der Waals surface area contributed by atoms with E-state index >= 15 is 0 Å². The lowest BCUT2D eigenvalue weighted by atomic mass is 10.2. The van der Waals surface area contributed by atoms with Crippen LogP contribution in [0, 0.1) is 0 Å². The first kappa shape index (κ1) is 12.5. The molecule has 15 heavy (non-hydrogen) atoms. The number of nitrogens with two attached hydrogens (primary N) is 1. The predicted octanol–water partition coefficient (Wildman–Crippen LogP) is 0.324. The largest absolute Gasteiger partial charge is 0.355 e. The average Bonchev–Trinajstić information content (AvgIpc) is 3.05. The molecule has 0 aromatic rings. The van der Waals surface area contributed by atoms with E-state index in [-0.39, 0.29) is 5.91 Å². The minimum absolute atomic E-state index is 0.122. The normalized spacial score (nSPS) is 17.9. The summed E-state index contributed by atoms with van der Waals surface area (Å²) in [6, 6.07) is 1.18. The molecule has 0 radical (unpaired) electrons. The van der Waals surface area contributed by atoms with E-state index in [0.717, 1.165) is 19.0 Å². The average molecular weight is 213 g/mol. The lowest BCUT2D eigenvalue weighted by Gasteiger charge is -2.24. The number of likely N-dealkylation sites (N-methyl/N-ethyl adjacent to an activating group) is 1. The van der Waals surface area contributed by atoms with Crippen LogP contribution in [-0.2, 0) is 4.79 Å². The fourth-order valence-corrected chi connectivity index (χ4v) is 1.60. The number of rotatable bonds is 7. The van der Waals surface area contributed by atoms with Crippen LogP contribution in [0.25, 0.3) is 0 Å². The lowest BCUT2D eigenvalue weighted by molar-refractivity contribution is -0.121. The van der Waals surface area contributed by atoms with Gasteiger partial charge in [0, 0.05) is 25.0 Å². The van der Waals surface area contributed by atoms with Gasteiger partial charge in [-0.05, 0) is 39.8 Å². The highest BCUT2D eigenvalue weighted by molar-refractivity contribution is 5.75. The van der Waals surface area contributed by atoms with Crippen LogP contribution in [0.2, 0.25) is 0 Å². The summed E-state index contributed by atoms with van der Waals surface area (Å²) in [5.41, 5.74) is 5.34. The molecule has 1 aliphatic carbocycles. The van der Waals surface area contributed by atoms with Crippen molar-refractivity contribution in [1.29, 1.82) is 0 Å². The van der Waals surface area contributed by atoms with Crippen LogP contribution in [0.4, 0.5) is 0 Å². The number of nitrogens with one attached hydrogen (secondary N) is 1. The van der Waals surface area contributed by atoms with Gasteiger partial charge in [-0.25, -0.2) is 0 Å². The maximum Gasteiger partial charge on any atom is 0.220 e. The zero-order chi connectivity index (χ0) is 11.3. The highest BCUT2D eigenvalue weighted by Gasteiger charge is 2.28. The fourth-order valence-electron chi connectivity index (χ4n) is 1.60. The van der Waals surface area contributed by atoms with E-state index < -0.39 is 0 Å². The van der Waals surface area contributed by atoms with Crippen LogP contribution in [0.3, 0.4) is 0 Å². The number of nitrogens with zero attached hydrogens (tertiary/aromatic N) is 1. The van der Waals surface area contributed by atoms with Crippen molar-refractivity contribution >= 4 is 5.91 Å². The molecular weight excluding hydrogens is 190 g/mol. The number of hydrogen-bond acceptors (Lipinski definition) is 3. The quantitative estimate of drug-likeness (QED) is 0.640. The molecule has 1 atom stereocenters. The van der Waals surface area contributed by atoms with Gasteiger partial charge in [-0.15, -0.1) is 0 Å². The van der Waals surface area contributed by atoms with Gasteiger partial charge in [0.1, 0.15) is 0 Å². The molecular formula is C11H23N3O. The smallest absolute Gasteiger partial charge is 0.220 e. The van der Waals surface area contributed by atoms with E-state index in [0.29, 0.717) is 19.0 Å². The molecule has 88 valence electrons. The highest BCUT2D eigenvalue weighted by Crippen LogP contribution is 2.26. The van der Waals surface area contributed by atoms with Crippen LogP contribution in [0.1, 0.15) is 32.6 Å². The van der Waals surface area contributed by atoms with Gasteiger partial charge in [0.25, 0.3) is 0 Å².